The third-order valence-electron chi connectivity index (χ3n) is 3.49. The molecule has 2 aromatic heterocycles. The number of rotatable bonds is 2. The van der Waals surface area contributed by atoms with E-state index in [2.05, 4.69) is 21.4 Å². The maximum atomic E-state index is 9.78. The molecule has 1 saturated heterocycles. The predicted octanol–water partition coefficient (Wildman–Crippen LogP) is 0.0773. The van der Waals surface area contributed by atoms with E-state index in [1.807, 2.05) is 4.90 Å². The minimum atomic E-state index is -0.409. The van der Waals surface area contributed by atoms with Crippen LogP contribution in [-0.4, -0.2) is 44.3 Å². The first kappa shape index (κ1) is 13.3. The number of nitrogen functional groups attached to an aromatic ring is 1. The lowest BCUT2D eigenvalue weighted by atomic mass is 10.1. The highest BCUT2D eigenvalue weighted by atomic mass is 16.3. The zero-order valence-corrected chi connectivity index (χ0v) is 11.3. The van der Waals surface area contributed by atoms with E-state index >= 15 is 0 Å². The summed E-state index contributed by atoms with van der Waals surface area (Å²) in [6, 6.07) is 5.52. The highest BCUT2D eigenvalue weighted by Crippen LogP contribution is 2.28. The topological polar surface area (TPSA) is 117 Å². The van der Waals surface area contributed by atoms with Gasteiger partial charge < -0.3 is 15.7 Å². The van der Waals surface area contributed by atoms with Gasteiger partial charge in [0, 0.05) is 19.3 Å². The molecule has 1 atom stereocenters. The zero-order valence-electron chi connectivity index (χ0n) is 11.3. The fourth-order valence-corrected chi connectivity index (χ4v) is 2.48. The first-order valence-electron chi connectivity index (χ1n) is 6.70. The number of nitrogens with two attached hydrogens (primary N) is 1. The molecule has 0 spiro atoms. The summed E-state index contributed by atoms with van der Waals surface area (Å²) in [5.41, 5.74) is 6.31. The Balaban J connectivity index is 2.04. The molecule has 0 radical (unpaired) electrons. The Bertz CT molecular complexity index is 676. The SMILES string of the molecule is N#Cc1c(N2CCCC(O)C2)nn(-c2cccnn2)c1N. The van der Waals surface area contributed by atoms with Crippen molar-refractivity contribution in [3.05, 3.63) is 23.9 Å². The summed E-state index contributed by atoms with van der Waals surface area (Å²) in [5.74, 6) is 1.17. The number of aliphatic hydroxyl groups excluding tert-OH is 1. The molecule has 1 fully saturated rings. The van der Waals surface area contributed by atoms with Crippen LogP contribution in [0.2, 0.25) is 0 Å². The number of anilines is 2. The van der Waals surface area contributed by atoms with E-state index in [4.69, 9.17) is 5.73 Å². The highest BCUT2D eigenvalue weighted by Gasteiger charge is 2.26. The quantitative estimate of drug-likeness (QED) is 0.802. The van der Waals surface area contributed by atoms with Crippen LogP contribution in [0.15, 0.2) is 18.3 Å². The third-order valence-corrected chi connectivity index (χ3v) is 3.49. The van der Waals surface area contributed by atoms with E-state index in [-0.39, 0.29) is 5.82 Å². The molecule has 0 aliphatic carbocycles. The van der Waals surface area contributed by atoms with E-state index < -0.39 is 6.10 Å². The monoisotopic (exact) mass is 285 g/mol. The number of hydrogen-bond acceptors (Lipinski definition) is 7. The van der Waals surface area contributed by atoms with Gasteiger partial charge in [0.1, 0.15) is 17.5 Å². The van der Waals surface area contributed by atoms with E-state index in [1.165, 1.54) is 4.68 Å². The first-order chi connectivity index (χ1) is 10.2. The molecule has 21 heavy (non-hydrogen) atoms. The van der Waals surface area contributed by atoms with Crippen LogP contribution < -0.4 is 10.6 Å². The lowest BCUT2D eigenvalue weighted by Crippen LogP contribution is -2.38. The van der Waals surface area contributed by atoms with Gasteiger partial charge in [-0.2, -0.15) is 15.0 Å². The lowest BCUT2D eigenvalue weighted by Gasteiger charge is -2.30. The molecule has 3 N–H and O–H groups in total. The molecule has 0 aromatic carbocycles. The highest BCUT2D eigenvalue weighted by molar-refractivity contribution is 5.66. The summed E-state index contributed by atoms with van der Waals surface area (Å²) in [6.07, 6.45) is 2.76. The van der Waals surface area contributed by atoms with Crippen LogP contribution in [0, 0.1) is 11.3 Å². The van der Waals surface area contributed by atoms with Crippen LogP contribution in [0.3, 0.4) is 0 Å². The maximum absolute atomic E-state index is 9.78. The minimum Gasteiger partial charge on any atom is -0.391 e. The zero-order chi connectivity index (χ0) is 14.8. The molecule has 1 aliphatic heterocycles. The maximum Gasteiger partial charge on any atom is 0.178 e. The average molecular weight is 285 g/mol. The van der Waals surface area contributed by atoms with Crippen molar-refractivity contribution in [2.45, 2.75) is 18.9 Å². The summed E-state index contributed by atoms with van der Waals surface area (Å²) in [7, 11) is 0. The number of piperidine rings is 1. The van der Waals surface area contributed by atoms with Crippen LogP contribution in [0.25, 0.3) is 5.82 Å². The Morgan fingerprint density at radius 1 is 1.48 bits per heavy atom. The fraction of sp³-hybridized carbons (Fsp3) is 0.385. The summed E-state index contributed by atoms with van der Waals surface area (Å²) >= 11 is 0. The predicted molar refractivity (Wildman–Crippen MR) is 75.7 cm³/mol. The van der Waals surface area contributed by atoms with Crippen molar-refractivity contribution in [1.82, 2.24) is 20.0 Å². The van der Waals surface area contributed by atoms with Gasteiger partial charge in [0.2, 0.25) is 0 Å². The van der Waals surface area contributed by atoms with Gasteiger partial charge in [-0.25, -0.2) is 0 Å². The van der Waals surface area contributed by atoms with Gasteiger partial charge in [-0.1, -0.05) is 0 Å². The smallest absolute Gasteiger partial charge is 0.178 e. The summed E-state index contributed by atoms with van der Waals surface area (Å²) in [6.45, 7) is 1.19. The van der Waals surface area contributed by atoms with Crippen molar-refractivity contribution >= 4 is 11.6 Å². The second-order valence-corrected chi connectivity index (χ2v) is 4.93. The number of nitriles is 1. The number of β-amino-alcohol motifs (C(OH)–C–C–N with tert-alkyl or cyclic N) is 1. The van der Waals surface area contributed by atoms with Crippen molar-refractivity contribution < 1.29 is 5.11 Å². The Labute approximate surface area is 121 Å². The van der Waals surface area contributed by atoms with Gasteiger partial charge >= 0.3 is 0 Å². The van der Waals surface area contributed by atoms with Crippen LogP contribution in [-0.2, 0) is 0 Å². The Morgan fingerprint density at radius 2 is 2.33 bits per heavy atom. The molecule has 0 bridgehead atoms. The minimum absolute atomic E-state index is 0.230. The Hall–Kier alpha value is -2.66. The average Bonchev–Trinajstić information content (AvgIpc) is 2.85. The number of nitrogens with zero attached hydrogens (tertiary/aromatic N) is 6. The normalized spacial score (nSPS) is 18.5. The molecule has 1 aliphatic rings. The van der Waals surface area contributed by atoms with Gasteiger partial charge in [-0.3, -0.25) is 0 Å². The number of hydrogen-bond donors (Lipinski definition) is 2. The van der Waals surface area contributed by atoms with Gasteiger partial charge in [0.05, 0.1) is 6.10 Å². The van der Waals surface area contributed by atoms with Crippen molar-refractivity contribution in [1.29, 1.82) is 5.26 Å². The Morgan fingerprint density at radius 3 is 3.00 bits per heavy atom. The summed E-state index contributed by atoms with van der Waals surface area (Å²) in [4.78, 5) is 1.88. The summed E-state index contributed by atoms with van der Waals surface area (Å²) in [5, 5.41) is 31.3. The molecular weight excluding hydrogens is 270 g/mol. The second-order valence-electron chi connectivity index (χ2n) is 4.93. The second kappa shape index (κ2) is 5.38. The van der Waals surface area contributed by atoms with E-state index in [9.17, 15) is 10.4 Å². The van der Waals surface area contributed by atoms with Crippen molar-refractivity contribution in [2.24, 2.45) is 0 Å². The molecule has 3 rings (SSSR count). The molecule has 108 valence electrons. The van der Waals surface area contributed by atoms with Gasteiger partial charge in [0.15, 0.2) is 11.6 Å². The van der Waals surface area contributed by atoms with Crippen molar-refractivity contribution in [3.63, 3.8) is 0 Å². The number of aromatic nitrogens is 4. The van der Waals surface area contributed by atoms with Gasteiger partial charge in [-0.05, 0) is 25.0 Å². The van der Waals surface area contributed by atoms with Crippen LogP contribution in [0.1, 0.15) is 18.4 Å². The Kier molecular flexibility index (Phi) is 3.41. The molecular formula is C13H15N7O. The molecule has 3 heterocycles. The van der Waals surface area contributed by atoms with Crippen molar-refractivity contribution in [3.8, 4) is 11.9 Å². The fourth-order valence-electron chi connectivity index (χ4n) is 2.48. The van der Waals surface area contributed by atoms with Crippen molar-refractivity contribution in [2.75, 3.05) is 23.7 Å². The molecule has 2 aromatic rings. The van der Waals surface area contributed by atoms with E-state index in [0.29, 0.717) is 23.7 Å². The van der Waals surface area contributed by atoms with E-state index in [0.717, 1.165) is 19.4 Å². The molecule has 8 nitrogen and oxygen atoms in total. The standard InChI is InChI=1S/C13H15N7O/c14-7-10-12(15)20(11-4-1-5-16-17-11)18-13(10)19-6-2-3-9(21)8-19/h1,4-5,9,21H,2-3,6,8,15H2. The molecule has 0 amide bonds. The van der Waals surface area contributed by atoms with Crippen LogP contribution in [0.4, 0.5) is 11.6 Å². The first-order valence-corrected chi connectivity index (χ1v) is 6.70. The number of aliphatic hydroxyl groups is 1. The lowest BCUT2D eigenvalue weighted by molar-refractivity contribution is 0.154. The van der Waals surface area contributed by atoms with Gasteiger partial charge in [0.25, 0.3) is 0 Å². The van der Waals surface area contributed by atoms with Gasteiger partial charge in [-0.15, -0.1) is 10.2 Å². The van der Waals surface area contributed by atoms with Crippen LogP contribution in [0.5, 0.6) is 0 Å². The molecule has 0 saturated carbocycles. The molecule has 1 unspecified atom stereocenters. The summed E-state index contributed by atoms with van der Waals surface area (Å²) < 4.78 is 1.40. The molecule has 8 heteroatoms. The largest absolute Gasteiger partial charge is 0.391 e. The van der Waals surface area contributed by atoms with E-state index in [1.54, 1.807) is 18.3 Å². The van der Waals surface area contributed by atoms with Crippen LogP contribution >= 0.6 is 0 Å². The third kappa shape index (κ3) is 2.39.